The van der Waals surface area contributed by atoms with Gasteiger partial charge >= 0.3 is 0 Å². The highest BCUT2D eigenvalue weighted by Crippen LogP contribution is 2.35. The third-order valence-electron chi connectivity index (χ3n) is 4.54. The molecule has 0 aliphatic carbocycles. The van der Waals surface area contributed by atoms with Crippen LogP contribution in [0.15, 0.2) is 47.1 Å². The van der Waals surface area contributed by atoms with Crippen molar-refractivity contribution in [2.45, 2.75) is 18.3 Å². The van der Waals surface area contributed by atoms with E-state index in [0.29, 0.717) is 30.0 Å². The monoisotopic (exact) mass is 406 g/mol. The number of benzene rings is 1. The first-order valence-corrected chi connectivity index (χ1v) is 9.11. The molecule has 6 heteroatoms. The molecule has 2 N–H and O–H groups in total. The van der Waals surface area contributed by atoms with E-state index in [1.807, 2.05) is 12.1 Å². The maximum absolute atomic E-state index is 12.5. The maximum Gasteiger partial charge on any atom is 0.254 e. The topological polar surface area (TPSA) is 54.1 Å². The summed E-state index contributed by atoms with van der Waals surface area (Å²) in [7, 11) is 0. The van der Waals surface area contributed by atoms with Gasteiger partial charge in [0, 0.05) is 35.8 Å². The van der Waals surface area contributed by atoms with E-state index in [9.17, 15) is 4.79 Å². The van der Waals surface area contributed by atoms with Crippen LogP contribution in [0.1, 0.15) is 28.8 Å². The second-order valence-electron chi connectivity index (χ2n) is 6.00. The minimum atomic E-state index is -0.141. The fraction of sp³-hybridized carbons (Fsp3) is 0.333. The fourth-order valence-corrected chi connectivity index (χ4v) is 3.72. The van der Waals surface area contributed by atoms with Crippen molar-refractivity contribution >= 4 is 34.1 Å². The van der Waals surface area contributed by atoms with Crippen LogP contribution < -0.4 is 5.32 Å². The summed E-state index contributed by atoms with van der Waals surface area (Å²) < 4.78 is 7.04. The highest BCUT2D eigenvalue weighted by atomic mass is 79.9. The van der Waals surface area contributed by atoms with Crippen LogP contribution in [0.4, 0.5) is 0 Å². The molecule has 0 saturated carbocycles. The number of hydrogen-bond acceptors (Lipinski definition) is 3. The maximum atomic E-state index is 12.5. The van der Waals surface area contributed by atoms with Gasteiger partial charge in [0.25, 0.3) is 5.91 Å². The molecule has 1 aromatic carbocycles. The minimum Gasteiger partial charge on any atom is -0.381 e. The number of amides is 1. The number of nitrogens with one attached hydrogen (secondary N) is 2. The lowest BCUT2D eigenvalue weighted by atomic mass is 9.74. The van der Waals surface area contributed by atoms with Crippen molar-refractivity contribution in [2.75, 3.05) is 19.8 Å². The molecule has 1 saturated heterocycles. The van der Waals surface area contributed by atoms with Crippen molar-refractivity contribution in [3.05, 3.63) is 62.8 Å². The highest BCUT2D eigenvalue weighted by Gasteiger charge is 2.35. The van der Waals surface area contributed by atoms with E-state index < -0.39 is 0 Å². The van der Waals surface area contributed by atoms with Crippen LogP contribution >= 0.6 is 28.1 Å². The zero-order chi connectivity index (χ0) is 17.0. The Kier molecular flexibility index (Phi) is 5.48. The van der Waals surface area contributed by atoms with Gasteiger partial charge in [-0.25, -0.2) is 0 Å². The molecule has 0 bridgehead atoms. The summed E-state index contributed by atoms with van der Waals surface area (Å²) in [5.74, 6) is -0.141. The first kappa shape index (κ1) is 17.3. The molecule has 24 heavy (non-hydrogen) atoms. The molecule has 1 aliphatic rings. The number of rotatable bonds is 4. The molecular formula is C18H19BrN2O2S. The molecule has 0 unspecified atom stereocenters. The molecule has 1 aromatic heterocycles. The number of carbonyl (C=O) groups excluding carboxylic acids is 1. The third kappa shape index (κ3) is 3.77. The van der Waals surface area contributed by atoms with Crippen LogP contribution in [0.5, 0.6) is 0 Å². The zero-order valence-electron chi connectivity index (χ0n) is 13.2. The average molecular weight is 407 g/mol. The Balaban J connectivity index is 1.82. The summed E-state index contributed by atoms with van der Waals surface area (Å²) in [5, 5.41) is 3.07. The van der Waals surface area contributed by atoms with Crippen LogP contribution in [0.2, 0.25) is 0 Å². The Morgan fingerprint density at radius 3 is 2.79 bits per heavy atom. The van der Waals surface area contributed by atoms with Gasteiger partial charge in [0.15, 0.2) is 0 Å². The quantitative estimate of drug-likeness (QED) is 0.754. The van der Waals surface area contributed by atoms with E-state index in [-0.39, 0.29) is 11.3 Å². The molecule has 2 aromatic rings. The smallest absolute Gasteiger partial charge is 0.254 e. The minimum absolute atomic E-state index is 0.113. The fourth-order valence-electron chi connectivity index (χ4n) is 3.09. The largest absolute Gasteiger partial charge is 0.381 e. The van der Waals surface area contributed by atoms with E-state index in [1.54, 1.807) is 18.3 Å². The van der Waals surface area contributed by atoms with Crippen LogP contribution in [0.25, 0.3) is 0 Å². The van der Waals surface area contributed by atoms with Crippen molar-refractivity contribution in [3.63, 3.8) is 0 Å². The molecule has 0 atom stereocenters. The molecule has 2 heterocycles. The molecule has 1 amide bonds. The molecule has 0 radical (unpaired) electrons. The number of ether oxygens (including phenoxy) is 1. The molecule has 126 valence electrons. The number of halogens is 1. The van der Waals surface area contributed by atoms with Crippen molar-refractivity contribution in [2.24, 2.45) is 0 Å². The number of pyridine rings is 1. The second-order valence-corrected chi connectivity index (χ2v) is 7.32. The highest BCUT2D eigenvalue weighted by molar-refractivity contribution is 9.10. The Bertz CT molecular complexity index is 784. The third-order valence-corrected chi connectivity index (χ3v) is 5.37. The van der Waals surface area contributed by atoms with Crippen molar-refractivity contribution in [1.82, 2.24) is 10.3 Å². The van der Waals surface area contributed by atoms with Gasteiger partial charge in [-0.05, 0) is 42.7 Å². The van der Waals surface area contributed by atoms with Gasteiger partial charge < -0.3 is 15.0 Å². The van der Waals surface area contributed by atoms with Gasteiger partial charge in [-0.15, -0.1) is 0 Å². The number of carbonyl (C=O) groups is 1. The first-order chi connectivity index (χ1) is 11.6. The summed E-state index contributed by atoms with van der Waals surface area (Å²) >= 11 is 8.74. The Morgan fingerprint density at radius 2 is 2.08 bits per heavy atom. The standard InChI is InChI=1S/C18H19BrN2O2S/c19-14-4-1-3-13(11-14)18(6-9-23-10-7-18)12-21-16(22)15-5-2-8-20-17(15)24/h1-5,8,11H,6-7,9-10,12H2,(H,20,24)(H,21,22). The molecule has 3 rings (SSSR count). The Hall–Kier alpha value is -1.50. The van der Waals surface area contributed by atoms with Crippen LogP contribution in [-0.4, -0.2) is 30.6 Å². The Morgan fingerprint density at radius 1 is 1.29 bits per heavy atom. The second kappa shape index (κ2) is 7.59. The van der Waals surface area contributed by atoms with Gasteiger partial charge in [-0.3, -0.25) is 4.79 Å². The van der Waals surface area contributed by atoms with Crippen LogP contribution in [0, 0.1) is 4.64 Å². The number of hydrogen-bond donors (Lipinski definition) is 2. The summed E-state index contributed by atoms with van der Waals surface area (Å²) in [4.78, 5) is 15.4. The number of aromatic amines is 1. The number of H-pyrrole nitrogens is 1. The van der Waals surface area contributed by atoms with Crippen molar-refractivity contribution < 1.29 is 9.53 Å². The zero-order valence-corrected chi connectivity index (χ0v) is 15.6. The van der Waals surface area contributed by atoms with E-state index in [1.165, 1.54) is 5.56 Å². The molecular weight excluding hydrogens is 388 g/mol. The van der Waals surface area contributed by atoms with Gasteiger partial charge in [-0.1, -0.05) is 40.3 Å². The molecule has 0 spiro atoms. The van der Waals surface area contributed by atoms with Crippen molar-refractivity contribution in [3.8, 4) is 0 Å². The van der Waals surface area contributed by atoms with Gasteiger partial charge in [0.1, 0.15) is 4.64 Å². The summed E-state index contributed by atoms with van der Waals surface area (Å²) in [5.41, 5.74) is 1.61. The van der Waals surface area contributed by atoms with Gasteiger partial charge in [0.05, 0.1) is 5.56 Å². The van der Waals surface area contributed by atoms with Crippen molar-refractivity contribution in [1.29, 1.82) is 0 Å². The summed E-state index contributed by atoms with van der Waals surface area (Å²) in [6, 6.07) is 11.8. The van der Waals surface area contributed by atoms with Crippen LogP contribution in [-0.2, 0) is 10.2 Å². The van der Waals surface area contributed by atoms with E-state index in [4.69, 9.17) is 17.0 Å². The molecule has 1 fully saturated rings. The van der Waals surface area contributed by atoms with Crippen LogP contribution in [0.3, 0.4) is 0 Å². The first-order valence-electron chi connectivity index (χ1n) is 7.90. The lowest BCUT2D eigenvalue weighted by molar-refractivity contribution is 0.0487. The van der Waals surface area contributed by atoms with Gasteiger partial charge in [-0.2, -0.15) is 0 Å². The predicted molar refractivity (Wildman–Crippen MR) is 99.8 cm³/mol. The Labute approximate surface area is 154 Å². The summed E-state index contributed by atoms with van der Waals surface area (Å²) in [6.07, 6.45) is 3.48. The summed E-state index contributed by atoms with van der Waals surface area (Å²) in [6.45, 7) is 1.97. The van der Waals surface area contributed by atoms with E-state index in [2.05, 4.69) is 38.4 Å². The number of aromatic nitrogens is 1. The van der Waals surface area contributed by atoms with E-state index in [0.717, 1.165) is 17.3 Å². The predicted octanol–water partition coefficient (Wildman–Crippen LogP) is 3.98. The van der Waals surface area contributed by atoms with E-state index >= 15 is 0 Å². The lowest BCUT2D eigenvalue weighted by Crippen LogP contribution is -2.44. The molecule has 1 aliphatic heterocycles. The normalized spacial score (nSPS) is 16.5. The molecule has 4 nitrogen and oxygen atoms in total. The average Bonchev–Trinajstić information content (AvgIpc) is 2.61. The van der Waals surface area contributed by atoms with Gasteiger partial charge in [0.2, 0.25) is 0 Å². The SMILES string of the molecule is O=C(NCC1(c2cccc(Br)c2)CCOCC1)c1ccc[nH]c1=S. The lowest BCUT2D eigenvalue weighted by Gasteiger charge is -2.38.